The van der Waals surface area contributed by atoms with Crippen LogP contribution in [0.3, 0.4) is 0 Å². The van der Waals surface area contributed by atoms with E-state index in [2.05, 4.69) is 60.6 Å². The van der Waals surface area contributed by atoms with E-state index < -0.39 is 16.6 Å². The second kappa shape index (κ2) is 15.1. The molecule has 0 saturated heterocycles. The first-order chi connectivity index (χ1) is 12.5. The van der Waals surface area contributed by atoms with Crippen LogP contribution in [-0.4, -0.2) is 29.3 Å². The van der Waals surface area contributed by atoms with Gasteiger partial charge >= 0.3 is 0 Å². The van der Waals surface area contributed by atoms with Crippen molar-refractivity contribution in [2.45, 2.75) is 123 Å². The van der Waals surface area contributed by atoms with Crippen LogP contribution in [0.2, 0.25) is 36.3 Å². The molecule has 0 unspecified atom stereocenters. The molecular weight excluding hydrogens is 352 g/mol. The molecule has 0 aliphatic carbocycles. The molecule has 0 aromatic rings. The molecule has 0 saturated carbocycles. The third-order valence-corrected chi connectivity index (χ3v) is 15.7. The number of rotatable bonds is 17. The quantitative estimate of drug-likeness (QED) is 0.140. The zero-order chi connectivity index (χ0) is 19.9. The Balaban J connectivity index is 4.92. The lowest BCUT2D eigenvalue weighted by molar-refractivity contribution is 0.114. The fourth-order valence-electron chi connectivity index (χ4n) is 3.71. The van der Waals surface area contributed by atoms with Crippen molar-refractivity contribution < 1.29 is 8.85 Å². The molecule has 0 amide bonds. The van der Waals surface area contributed by atoms with Crippen molar-refractivity contribution in [3.05, 3.63) is 12.2 Å². The van der Waals surface area contributed by atoms with Crippen LogP contribution in [-0.2, 0) is 8.85 Å². The van der Waals surface area contributed by atoms with Crippen LogP contribution in [0.4, 0.5) is 0 Å². The molecule has 0 aromatic carbocycles. The Morgan fingerprint density at radius 2 is 1.23 bits per heavy atom. The molecule has 0 aliphatic rings. The van der Waals surface area contributed by atoms with Crippen molar-refractivity contribution in [1.29, 1.82) is 0 Å². The number of hydrogen-bond donors (Lipinski definition) is 0. The summed E-state index contributed by atoms with van der Waals surface area (Å²) in [4.78, 5) is 0. The lowest BCUT2D eigenvalue weighted by atomic mass is 10.2. The van der Waals surface area contributed by atoms with Gasteiger partial charge in [0.1, 0.15) is 0 Å². The minimum atomic E-state index is -1.59. The molecule has 0 aliphatic heterocycles. The van der Waals surface area contributed by atoms with Crippen molar-refractivity contribution in [3.8, 4) is 0 Å². The zero-order valence-corrected chi connectivity index (χ0v) is 21.0. The Hall–Kier alpha value is 0.0938. The standard InChI is InChI=1S/C22H48O2Si2/c1-8-15-16-17-18-19-20-22(24-26(12-5,13-6)14-7)21-23-25(9-2,10-3)11-4/h18-19,22H,8-17,20-21H2,1-7H3/b19-18+/t22-/m1/s1. The van der Waals surface area contributed by atoms with E-state index in [9.17, 15) is 0 Å². The largest absolute Gasteiger partial charge is 0.414 e. The Bertz CT molecular complexity index is 334. The molecule has 0 aromatic heterocycles. The van der Waals surface area contributed by atoms with E-state index in [0.717, 1.165) is 13.0 Å². The predicted molar refractivity (Wildman–Crippen MR) is 123 cm³/mol. The summed E-state index contributed by atoms with van der Waals surface area (Å²) >= 11 is 0. The lowest BCUT2D eigenvalue weighted by Gasteiger charge is -2.35. The summed E-state index contributed by atoms with van der Waals surface area (Å²) in [5.74, 6) is 0. The van der Waals surface area contributed by atoms with Gasteiger partial charge in [-0.05, 0) is 55.5 Å². The van der Waals surface area contributed by atoms with E-state index in [1.54, 1.807) is 0 Å². The molecule has 2 nitrogen and oxygen atoms in total. The van der Waals surface area contributed by atoms with E-state index in [0.29, 0.717) is 0 Å². The van der Waals surface area contributed by atoms with Crippen LogP contribution in [0.25, 0.3) is 0 Å². The molecule has 0 N–H and O–H groups in total. The monoisotopic (exact) mass is 400 g/mol. The molecule has 0 spiro atoms. The topological polar surface area (TPSA) is 18.5 Å². The summed E-state index contributed by atoms with van der Waals surface area (Å²) in [6, 6.07) is 7.31. The van der Waals surface area contributed by atoms with E-state index in [4.69, 9.17) is 8.85 Å². The highest BCUT2D eigenvalue weighted by molar-refractivity contribution is 6.74. The fraction of sp³-hybridized carbons (Fsp3) is 0.909. The smallest absolute Gasteiger partial charge is 0.192 e. The molecule has 156 valence electrons. The van der Waals surface area contributed by atoms with Crippen LogP contribution in [0.5, 0.6) is 0 Å². The van der Waals surface area contributed by atoms with Crippen molar-refractivity contribution >= 4 is 16.6 Å². The molecule has 4 heteroatoms. The van der Waals surface area contributed by atoms with Gasteiger partial charge in [-0.1, -0.05) is 73.5 Å². The molecule has 0 fully saturated rings. The third-order valence-electron chi connectivity index (χ3n) is 6.40. The molecule has 0 radical (unpaired) electrons. The summed E-state index contributed by atoms with van der Waals surface area (Å²) in [5, 5.41) is 0. The van der Waals surface area contributed by atoms with Crippen LogP contribution in [0.1, 0.15) is 80.6 Å². The summed E-state index contributed by atoms with van der Waals surface area (Å²) in [5.41, 5.74) is 0. The number of unbranched alkanes of at least 4 members (excludes halogenated alkanes) is 3. The van der Waals surface area contributed by atoms with Gasteiger partial charge in [0, 0.05) is 0 Å². The highest BCUT2D eigenvalue weighted by Gasteiger charge is 2.34. The average molecular weight is 401 g/mol. The maximum absolute atomic E-state index is 6.83. The zero-order valence-electron chi connectivity index (χ0n) is 19.0. The van der Waals surface area contributed by atoms with Gasteiger partial charge in [-0.3, -0.25) is 0 Å². The number of allylic oxidation sites excluding steroid dienone is 1. The first-order valence-corrected chi connectivity index (χ1v) is 16.5. The Morgan fingerprint density at radius 1 is 0.692 bits per heavy atom. The van der Waals surface area contributed by atoms with Gasteiger partial charge in [0.2, 0.25) is 0 Å². The van der Waals surface area contributed by atoms with Gasteiger partial charge < -0.3 is 8.85 Å². The maximum atomic E-state index is 6.83. The van der Waals surface area contributed by atoms with E-state index in [-0.39, 0.29) is 6.10 Å². The Morgan fingerprint density at radius 3 is 1.69 bits per heavy atom. The first-order valence-electron chi connectivity index (χ1n) is 11.5. The summed E-state index contributed by atoms with van der Waals surface area (Å²) in [6.07, 6.45) is 11.1. The summed E-state index contributed by atoms with van der Waals surface area (Å²) in [7, 11) is -3.13. The molecule has 0 heterocycles. The normalized spacial score (nSPS) is 14.3. The molecule has 0 rings (SSSR count). The van der Waals surface area contributed by atoms with Crippen molar-refractivity contribution in [3.63, 3.8) is 0 Å². The average Bonchev–Trinajstić information content (AvgIpc) is 2.69. The van der Waals surface area contributed by atoms with Crippen LogP contribution < -0.4 is 0 Å². The molecular formula is C22H48O2Si2. The van der Waals surface area contributed by atoms with Gasteiger partial charge in [-0.15, -0.1) is 0 Å². The Kier molecular flexibility index (Phi) is 15.1. The second-order valence-corrected chi connectivity index (χ2v) is 17.2. The van der Waals surface area contributed by atoms with Crippen LogP contribution >= 0.6 is 0 Å². The van der Waals surface area contributed by atoms with Gasteiger partial charge in [0.25, 0.3) is 0 Å². The fourth-order valence-corrected chi connectivity index (χ4v) is 9.23. The highest BCUT2D eigenvalue weighted by atomic mass is 28.4. The number of hydrogen-bond acceptors (Lipinski definition) is 2. The lowest BCUT2D eigenvalue weighted by Crippen LogP contribution is -2.44. The van der Waals surface area contributed by atoms with Crippen LogP contribution in [0.15, 0.2) is 12.2 Å². The minimum absolute atomic E-state index is 0.250. The van der Waals surface area contributed by atoms with Gasteiger partial charge in [-0.2, -0.15) is 0 Å². The van der Waals surface area contributed by atoms with Gasteiger partial charge in [0.05, 0.1) is 12.7 Å². The van der Waals surface area contributed by atoms with Crippen molar-refractivity contribution in [1.82, 2.24) is 0 Å². The first kappa shape index (κ1) is 26.1. The SMILES string of the molecule is CCCCC/C=C/C[C@H](CO[Si](CC)(CC)CC)O[Si](CC)(CC)CC. The molecule has 26 heavy (non-hydrogen) atoms. The van der Waals surface area contributed by atoms with Gasteiger partial charge in [0.15, 0.2) is 16.6 Å². The Labute approximate surface area is 167 Å². The third kappa shape index (κ3) is 9.34. The van der Waals surface area contributed by atoms with Crippen molar-refractivity contribution in [2.75, 3.05) is 6.61 Å². The van der Waals surface area contributed by atoms with E-state index >= 15 is 0 Å². The molecule has 0 bridgehead atoms. The van der Waals surface area contributed by atoms with Gasteiger partial charge in [-0.25, -0.2) is 0 Å². The van der Waals surface area contributed by atoms with Crippen LogP contribution in [0, 0.1) is 0 Å². The van der Waals surface area contributed by atoms with E-state index in [1.165, 1.54) is 61.9 Å². The predicted octanol–water partition coefficient (Wildman–Crippen LogP) is 7.93. The second-order valence-electron chi connectivity index (χ2n) is 7.74. The maximum Gasteiger partial charge on any atom is 0.192 e. The molecule has 1 atom stereocenters. The van der Waals surface area contributed by atoms with Crippen molar-refractivity contribution in [2.24, 2.45) is 0 Å². The summed E-state index contributed by atoms with van der Waals surface area (Å²) in [6.45, 7) is 17.0. The minimum Gasteiger partial charge on any atom is -0.414 e. The van der Waals surface area contributed by atoms with E-state index in [1.807, 2.05) is 0 Å². The summed E-state index contributed by atoms with van der Waals surface area (Å²) < 4.78 is 13.4. The highest BCUT2D eigenvalue weighted by Crippen LogP contribution is 2.27.